The zero-order chi connectivity index (χ0) is 12.6. The normalized spacial score (nSPS) is 12.3. The van der Waals surface area contributed by atoms with E-state index in [1.54, 1.807) is 0 Å². The largest absolute Gasteiger partial charge is 0.256 e. The zero-order valence-corrected chi connectivity index (χ0v) is 12.0. The highest BCUT2D eigenvalue weighted by molar-refractivity contribution is 7.79. The van der Waals surface area contributed by atoms with E-state index in [0.717, 1.165) is 5.52 Å². The highest BCUT2D eigenvalue weighted by atomic mass is 31.2. The standard InChI is InChI=1S/C15H20NP/c1-11(2)12-8-9-14-13(7-6-10-16-14)15(12)17(3,4)5/h6-11H,3H2,1-2,4-5H3. The van der Waals surface area contributed by atoms with E-state index < -0.39 is 6.89 Å². The van der Waals surface area contributed by atoms with Gasteiger partial charge in [0, 0.05) is 11.6 Å². The topological polar surface area (TPSA) is 12.9 Å². The molecule has 0 aliphatic rings. The molecule has 1 aromatic carbocycles. The Balaban J connectivity index is 2.90. The monoisotopic (exact) mass is 245 g/mol. The van der Waals surface area contributed by atoms with Gasteiger partial charge in [-0.25, -0.2) is 0 Å². The molecular formula is C15H20NP. The van der Waals surface area contributed by atoms with Crippen LogP contribution in [0.3, 0.4) is 0 Å². The van der Waals surface area contributed by atoms with Crippen LogP contribution in [0.15, 0.2) is 30.5 Å². The van der Waals surface area contributed by atoms with Crippen LogP contribution in [0.25, 0.3) is 10.9 Å². The van der Waals surface area contributed by atoms with E-state index in [2.05, 4.69) is 56.7 Å². The van der Waals surface area contributed by atoms with Crippen molar-refractivity contribution in [2.75, 3.05) is 13.3 Å². The molecule has 0 amide bonds. The summed E-state index contributed by atoms with van der Waals surface area (Å²) in [5.41, 5.74) is 2.52. The van der Waals surface area contributed by atoms with Crippen molar-refractivity contribution >= 4 is 29.4 Å². The Kier molecular flexibility index (Phi) is 3.14. The number of fused-ring (bicyclic) bond motifs is 1. The minimum absolute atomic E-state index is 0.538. The van der Waals surface area contributed by atoms with Gasteiger partial charge in [0.1, 0.15) is 0 Å². The van der Waals surface area contributed by atoms with Gasteiger partial charge in [-0.05, 0) is 42.2 Å². The predicted molar refractivity (Wildman–Crippen MR) is 81.4 cm³/mol. The van der Waals surface area contributed by atoms with Gasteiger partial charge in [0.2, 0.25) is 0 Å². The van der Waals surface area contributed by atoms with Crippen LogP contribution in [0.1, 0.15) is 25.3 Å². The second kappa shape index (κ2) is 4.31. The molecule has 1 aromatic heterocycles. The molecule has 0 aliphatic heterocycles. The lowest BCUT2D eigenvalue weighted by Crippen LogP contribution is -2.13. The number of rotatable bonds is 2. The fourth-order valence-electron chi connectivity index (χ4n) is 2.30. The maximum Gasteiger partial charge on any atom is 0.0708 e. The van der Waals surface area contributed by atoms with E-state index in [9.17, 15) is 0 Å². The SMILES string of the molecule is C=P(C)(C)c1c(C(C)C)ccc2ncccc12. The molecule has 2 rings (SSSR count). The Morgan fingerprint density at radius 1 is 1.18 bits per heavy atom. The van der Waals surface area contributed by atoms with E-state index in [-0.39, 0.29) is 0 Å². The summed E-state index contributed by atoms with van der Waals surface area (Å²) in [6, 6.07) is 8.55. The van der Waals surface area contributed by atoms with E-state index in [4.69, 9.17) is 0 Å². The number of hydrogen-bond donors (Lipinski definition) is 0. The van der Waals surface area contributed by atoms with Gasteiger partial charge in [0.15, 0.2) is 0 Å². The average molecular weight is 245 g/mol. The number of hydrogen-bond acceptors (Lipinski definition) is 1. The molecule has 0 unspecified atom stereocenters. The van der Waals surface area contributed by atoms with E-state index >= 15 is 0 Å². The summed E-state index contributed by atoms with van der Waals surface area (Å²) >= 11 is 0. The maximum absolute atomic E-state index is 4.45. The van der Waals surface area contributed by atoms with Crippen LogP contribution in [-0.4, -0.2) is 24.6 Å². The van der Waals surface area contributed by atoms with Gasteiger partial charge in [-0.3, -0.25) is 4.98 Å². The Hall–Kier alpha value is -1.07. The van der Waals surface area contributed by atoms with Gasteiger partial charge in [0.25, 0.3) is 0 Å². The van der Waals surface area contributed by atoms with Crippen LogP contribution >= 0.6 is 6.89 Å². The molecule has 0 aliphatic carbocycles. The van der Waals surface area contributed by atoms with Gasteiger partial charge in [-0.1, -0.05) is 39.2 Å². The average Bonchev–Trinajstić information content (AvgIpc) is 2.26. The molecule has 0 fully saturated rings. The lowest BCUT2D eigenvalue weighted by molar-refractivity contribution is 0.875. The molecule has 0 saturated carbocycles. The first kappa shape index (κ1) is 12.4. The third-order valence-corrected chi connectivity index (χ3v) is 4.72. The van der Waals surface area contributed by atoms with E-state index in [1.807, 2.05) is 12.3 Å². The Labute approximate surface area is 104 Å². The summed E-state index contributed by atoms with van der Waals surface area (Å²) in [5, 5.41) is 2.73. The van der Waals surface area contributed by atoms with Gasteiger partial charge in [-0.15, -0.1) is 0 Å². The zero-order valence-electron chi connectivity index (χ0n) is 11.1. The highest BCUT2D eigenvalue weighted by Crippen LogP contribution is 2.40. The molecule has 2 aromatic rings. The summed E-state index contributed by atoms with van der Waals surface area (Å²) in [6.45, 7) is 7.76. The summed E-state index contributed by atoms with van der Waals surface area (Å²) in [4.78, 5) is 4.45. The third-order valence-electron chi connectivity index (χ3n) is 3.02. The minimum Gasteiger partial charge on any atom is -0.256 e. The fraction of sp³-hybridized carbons (Fsp3) is 0.333. The van der Waals surface area contributed by atoms with Crippen LogP contribution < -0.4 is 5.30 Å². The third kappa shape index (κ3) is 2.30. The Morgan fingerprint density at radius 3 is 2.47 bits per heavy atom. The van der Waals surface area contributed by atoms with Crippen LogP contribution in [0.4, 0.5) is 0 Å². The molecule has 17 heavy (non-hydrogen) atoms. The molecule has 0 saturated heterocycles. The molecule has 0 spiro atoms. The maximum atomic E-state index is 4.45. The molecule has 0 bridgehead atoms. The second-order valence-electron chi connectivity index (χ2n) is 5.41. The van der Waals surface area contributed by atoms with Crippen LogP contribution in [-0.2, 0) is 0 Å². The molecule has 1 heterocycles. The van der Waals surface area contributed by atoms with Crippen LogP contribution in [0, 0.1) is 0 Å². The van der Waals surface area contributed by atoms with E-state index in [0.29, 0.717) is 5.92 Å². The molecular weight excluding hydrogens is 225 g/mol. The van der Waals surface area contributed by atoms with Crippen LogP contribution in [0.2, 0.25) is 0 Å². The number of benzene rings is 1. The van der Waals surface area contributed by atoms with Gasteiger partial charge in [0.05, 0.1) is 5.52 Å². The van der Waals surface area contributed by atoms with Crippen molar-refractivity contribution in [1.29, 1.82) is 0 Å². The lowest BCUT2D eigenvalue weighted by Gasteiger charge is -2.22. The predicted octanol–water partition coefficient (Wildman–Crippen LogP) is 3.69. The fourth-order valence-corrected chi connectivity index (χ4v) is 4.17. The minimum atomic E-state index is -1.30. The van der Waals surface area contributed by atoms with Crippen molar-refractivity contribution < 1.29 is 0 Å². The van der Waals surface area contributed by atoms with Crippen LogP contribution in [0.5, 0.6) is 0 Å². The number of nitrogens with zero attached hydrogens (tertiary/aromatic N) is 1. The van der Waals surface area contributed by atoms with Crippen molar-refractivity contribution in [3.8, 4) is 0 Å². The second-order valence-corrected chi connectivity index (χ2v) is 9.23. The van der Waals surface area contributed by atoms with Crippen molar-refractivity contribution in [3.05, 3.63) is 36.0 Å². The molecule has 0 N–H and O–H groups in total. The van der Waals surface area contributed by atoms with Gasteiger partial charge < -0.3 is 0 Å². The van der Waals surface area contributed by atoms with Crippen molar-refractivity contribution in [2.24, 2.45) is 0 Å². The molecule has 90 valence electrons. The summed E-state index contributed by atoms with van der Waals surface area (Å²) < 4.78 is 0. The Bertz CT molecular complexity index is 593. The number of pyridine rings is 1. The summed E-state index contributed by atoms with van der Waals surface area (Å²) in [7, 11) is 0. The van der Waals surface area contributed by atoms with Crippen molar-refractivity contribution in [2.45, 2.75) is 19.8 Å². The first-order chi connectivity index (χ1) is 7.91. The first-order valence-corrected chi connectivity index (χ1v) is 8.84. The molecule has 0 atom stereocenters. The summed E-state index contributed by atoms with van der Waals surface area (Å²) in [5.74, 6) is 0.538. The molecule has 2 heteroatoms. The summed E-state index contributed by atoms with van der Waals surface area (Å²) in [6.07, 6.45) is 6.27. The quantitative estimate of drug-likeness (QED) is 0.735. The smallest absolute Gasteiger partial charge is 0.0708 e. The van der Waals surface area contributed by atoms with Crippen molar-refractivity contribution in [3.63, 3.8) is 0 Å². The van der Waals surface area contributed by atoms with Crippen molar-refractivity contribution in [1.82, 2.24) is 4.98 Å². The Morgan fingerprint density at radius 2 is 1.88 bits per heavy atom. The van der Waals surface area contributed by atoms with E-state index in [1.165, 1.54) is 16.3 Å². The lowest BCUT2D eigenvalue weighted by atomic mass is 10.0. The molecule has 0 radical (unpaired) electrons. The van der Waals surface area contributed by atoms with Gasteiger partial charge in [-0.2, -0.15) is 0 Å². The molecule has 1 nitrogen and oxygen atoms in total. The number of aromatic nitrogens is 1. The van der Waals surface area contributed by atoms with Gasteiger partial charge >= 0.3 is 0 Å². The highest BCUT2D eigenvalue weighted by Gasteiger charge is 2.16. The first-order valence-electron chi connectivity index (χ1n) is 5.98.